The molecule has 0 atom stereocenters. The van der Waals surface area contributed by atoms with Crippen LogP contribution in [0.2, 0.25) is 0 Å². The van der Waals surface area contributed by atoms with E-state index in [0.29, 0.717) is 48.0 Å². The Morgan fingerprint density at radius 3 is 2.46 bits per heavy atom. The molecule has 0 unspecified atom stereocenters. The van der Waals surface area contributed by atoms with E-state index in [-0.39, 0.29) is 0 Å². The van der Waals surface area contributed by atoms with Crippen LogP contribution in [-0.2, 0) is 13.1 Å². The molecular weight excluding hydrogens is 446 g/mol. The van der Waals surface area contributed by atoms with Gasteiger partial charge in [-0.1, -0.05) is 24.3 Å². The molecule has 4 aromatic rings. The molecule has 0 bridgehead atoms. The highest BCUT2D eigenvalue weighted by molar-refractivity contribution is 5.90. The molecule has 1 aromatic heterocycles. The van der Waals surface area contributed by atoms with Gasteiger partial charge in [0.15, 0.2) is 11.5 Å². The Labute approximate surface area is 203 Å². The average Bonchev–Trinajstić information content (AvgIpc) is 2.88. The first kappa shape index (κ1) is 22.8. The summed E-state index contributed by atoms with van der Waals surface area (Å²) in [6.07, 6.45) is 0. The lowest BCUT2D eigenvalue weighted by Crippen LogP contribution is -2.32. The highest BCUT2D eigenvalue weighted by atomic mass is 16.5. The molecule has 7 nitrogen and oxygen atoms in total. The third kappa shape index (κ3) is 4.08. The number of hydrogen-bond acceptors (Lipinski definition) is 7. The summed E-state index contributed by atoms with van der Waals surface area (Å²) in [6, 6.07) is 17.2. The molecule has 35 heavy (non-hydrogen) atoms. The van der Waals surface area contributed by atoms with Crippen molar-refractivity contribution in [2.45, 2.75) is 20.0 Å². The predicted octanol–water partition coefficient (Wildman–Crippen LogP) is 5.15. The first-order valence-electron chi connectivity index (χ1n) is 11.3. The second-order valence-electron chi connectivity index (χ2n) is 8.45. The number of aryl methyl sites for hydroxylation is 1. The molecule has 0 N–H and O–H groups in total. The second-order valence-corrected chi connectivity index (χ2v) is 8.45. The number of methoxy groups -OCH3 is 3. The van der Waals surface area contributed by atoms with Crippen LogP contribution in [0.3, 0.4) is 0 Å². The standard InChI is InChI=1S/C28H27NO6/c1-17-20-10-12-23-21(15-29(16-34-23)14-19-7-5-6-8-22(19)31-2)27(20)35-28(30)26(17)18-9-11-24(32-3)25(13-18)33-4/h5-13H,14-16H2,1-4H3. The van der Waals surface area contributed by atoms with Crippen molar-refractivity contribution in [1.29, 1.82) is 0 Å². The van der Waals surface area contributed by atoms with E-state index in [1.54, 1.807) is 33.5 Å². The molecule has 0 fully saturated rings. The van der Waals surface area contributed by atoms with Crippen molar-refractivity contribution < 1.29 is 23.4 Å². The van der Waals surface area contributed by atoms with Gasteiger partial charge < -0.3 is 23.4 Å². The van der Waals surface area contributed by atoms with Gasteiger partial charge in [0.1, 0.15) is 23.8 Å². The van der Waals surface area contributed by atoms with Gasteiger partial charge in [-0.05, 0) is 48.4 Å². The van der Waals surface area contributed by atoms with Gasteiger partial charge in [0, 0.05) is 24.0 Å². The summed E-state index contributed by atoms with van der Waals surface area (Å²) in [5.41, 5.74) is 4.13. The minimum absolute atomic E-state index is 0.405. The zero-order valence-electron chi connectivity index (χ0n) is 20.2. The molecule has 2 heterocycles. The van der Waals surface area contributed by atoms with Gasteiger partial charge >= 0.3 is 5.63 Å². The maximum Gasteiger partial charge on any atom is 0.344 e. The average molecular weight is 474 g/mol. The Hall–Kier alpha value is -3.97. The predicted molar refractivity (Wildman–Crippen MR) is 133 cm³/mol. The monoisotopic (exact) mass is 473 g/mol. The normalized spacial score (nSPS) is 13.3. The maximum atomic E-state index is 13.2. The van der Waals surface area contributed by atoms with E-state index < -0.39 is 5.63 Å². The van der Waals surface area contributed by atoms with E-state index in [9.17, 15) is 4.79 Å². The van der Waals surface area contributed by atoms with Gasteiger partial charge in [-0.15, -0.1) is 0 Å². The van der Waals surface area contributed by atoms with Crippen molar-refractivity contribution in [3.63, 3.8) is 0 Å². The second kappa shape index (κ2) is 9.35. The molecule has 0 aliphatic carbocycles. The van der Waals surface area contributed by atoms with Gasteiger partial charge in [-0.2, -0.15) is 0 Å². The van der Waals surface area contributed by atoms with Crippen LogP contribution >= 0.6 is 0 Å². The molecule has 0 saturated heterocycles. The van der Waals surface area contributed by atoms with Crippen LogP contribution in [0.1, 0.15) is 16.7 Å². The minimum atomic E-state index is -0.405. The van der Waals surface area contributed by atoms with Gasteiger partial charge in [0.25, 0.3) is 0 Å². The summed E-state index contributed by atoms with van der Waals surface area (Å²) in [4.78, 5) is 15.4. The van der Waals surface area contributed by atoms with Gasteiger partial charge in [-0.3, -0.25) is 4.90 Å². The Bertz CT molecular complexity index is 1460. The van der Waals surface area contributed by atoms with Crippen LogP contribution in [0.25, 0.3) is 22.1 Å². The molecule has 1 aliphatic rings. The molecule has 180 valence electrons. The highest BCUT2D eigenvalue weighted by Crippen LogP contribution is 2.38. The minimum Gasteiger partial charge on any atom is -0.496 e. The molecule has 1 aliphatic heterocycles. The third-order valence-corrected chi connectivity index (χ3v) is 6.44. The van der Waals surface area contributed by atoms with E-state index in [4.69, 9.17) is 23.4 Å². The number of rotatable bonds is 6. The lowest BCUT2D eigenvalue weighted by Gasteiger charge is -2.29. The van der Waals surface area contributed by atoms with Crippen LogP contribution in [0.4, 0.5) is 0 Å². The van der Waals surface area contributed by atoms with Crippen LogP contribution < -0.4 is 24.6 Å². The van der Waals surface area contributed by atoms with Gasteiger partial charge in [-0.25, -0.2) is 4.79 Å². The van der Waals surface area contributed by atoms with E-state index in [0.717, 1.165) is 33.6 Å². The molecule has 3 aromatic carbocycles. The van der Waals surface area contributed by atoms with Crippen LogP contribution in [0, 0.1) is 6.92 Å². The Morgan fingerprint density at radius 1 is 0.914 bits per heavy atom. The van der Waals surface area contributed by atoms with Crippen LogP contribution in [-0.4, -0.2) is 33.0 Å². The van der Waals surface area contributed by atoms with E-state index in [1.165, 1.54) is 0 Å². The zero-order valence-corrected chi connectivity index (χ0v) is 20.2. The number of hydrogen-bond donors (Lipinski definition) is 0. The van der Waals surface area contributed by atoms with Crippen molar-refractivity contribution in [2.75, 3.05) is 28.1 Å². The molecule has 0 saturated carbocycles. The van der Waals surface area contributed by atoms with Crippen molar-refractivity contribution in [1.82, 2.24) is 4.90 Å². The molecule has 0 spiro atoms. The number of fused-ring (bicyclic) bond motifs is 3. The summed E-state index contributed by atoms with van der Waals surface area (Å²) in [6.45, 7) is 3.60. The lowest BCUT2D eigenvalue weighted by molar-refractivity contribution is 0.0882. The smallest absolute Gasteiger partial charge is 0.344 e. The van der Waals surface area contributed by atoms with E-state index in [1.807, 2.05) is 49.4 Å². The van der Waals surface area contributed by atoms with Gasteiger partial charge in [0.05, 0.1) is 32.5 Å². The van der Waals surface area contributed by atoms with Crippen molar-refractivity contribution >= 4 is 11.0 Å². The summed E-state index contributed by atoms with van der Waals surface area (Å²) in [7, 11) is 4.82. The molecule has 5 rings (SSSR count). The Morgan fingerprint density at radius 2 is 1.69 bits per heavy atom. The zero-order chi connectivity index (χ0) is 24.5. The number of benzene rings is 3. The van der Waals surface area contributed by atoms with Gasteiger partial charge in [0.2, 0.25) is 0 Å². The third-order valence-electron chi connectivity index (χ3n) is 6.44. The summed E-state index contributed by atoms with van der Waals surface area (Å²) in [5.74, 6) is 2.71. The molecule has 7 heteroatoms. The van der Waals surface area contributed by atoms with E-state index in [2.05, 4.69) is 4.90 Å². The fourth-order valence-corrected chi connectivity index (χ4v) is 4.67. The number of nitrogens with zero attached hydrogens (tertiary/aromatic N) is 1. The van der Waals surface area contributed by atoms with Crippen LogP contribution in [0.5, 0.6) is 23.0 Å². The quantitative estimate of drug-likeness (QED) is 0.359. The van der Waals surface area contributed by atoms with Crippen molar-refractivity contribution in [3.8, 4) is 34.1 Å². The number of ether oxygens (including phenoxy) is 4. The summed E-state index contributed by atoms with van der Waals surface area (Å²) >= 11 is 0. The topological polar surface area (TPSA) is 70.4 Å². The summed E-state index contributed by atoms with van der Waals surface area (Å²) in [5, 5.41) is 0.871. The number of para-hydroxylation sites is 1. The maximum absolute atomic E-state index is 13.2. The summed E-state index contributed by atoms with van der Waals surface area (Å²) < 4.78 is 28.2. The fraction of sp³-hybridized carbons (Fsp3) is 0.250. The molecular formula is C28H27NO6. The van der Waals surface area contributed by atoms with Crippen molar-refractivity contribution in [2.24, 2.45) is 0 Å². The Kier molecular flexibility index (Phi) is 6.09. The molecule has 0 radical (unpaired) electrons. The first-order chi connectivity index (χ1) is 17.0. The van der Waals surface area contributed by atoms with Crippen molar-refractivity contribution in [3.05, 3.63) is 81.7 Å². The molecule has 0 amide bonds. The first-order valence-corrected chi connectivity index (χ1v) is 11.3. The SMILES string of the molecule is COc1ccccc1CN1COc2ccc3c(C)c(-c4ccc(OC)c(OC)c4)c(=O)oc3c2C1. The Balaban J connectivity index is 1.55. The highest BCUT2D eigenvalue weighted by Gasteiger charge is 2.24. The van der Waals surface area contributed by atoms with E-state index >= 15 is 0 Å². The fourth-order valence-electron chi connectivity index (χ4n) is 4.67. The van der Waals surface area contributed by atoms with Crippen LogP contribution in [0.15, 0.2) is 63.8 Å². The lowest BCUT2D eigenvalue weighted by atomic mass is 9.97. The largest absolute Gasteiger partial charge is 0.496 e.